The van der Waals surface area contributed by atoms with Gasteiger partial charge in [-0.25, -0.2) is 0 Å². The van der Waals surface area contributed by atoms with Gasteiger partial charge >= 0.3 is 0 Å². The Bertz CT molecular complexity index is 751. The first-order valence-corrected chi connectivity index (χ1v) is 13.2. The zero-order chi connectivity index (χ0) is 23.0. The normalized spacial score (nSPS) is 35.5. The maximum absolute atomic E-state index is 4.35. The highest BCUT2D eigenvalue weighted by Crippen LogP contribution is 2.59. The van der Waals surface area contributed by atoms with Crippen molar-refractivity contribution in [3.05, 3.63) is 47.1 Å². The van der Waals surface area contributed by atoms with Crippen LogP contribution in [0, 0.1) is 40.4 Å². The van der Waals surface area contributed by atoms with Crippen molar-refractivity contribution >= 4 is 0 Å². The summed E-state index contributed by atoms with van der Waals surface area (Å²) >= 11 is 0. The van der Waals surface area contributed by atoms with E-state index in [-0.39, 0.29) is 0 Å². The zero-order valence-electron chi connectivity index (χ0n) is 22.0. The van der Waals surface area contributed by atoms with E-state index in [2.05, 4.69) is 80.2 Å². The minimum absolute atomic E-state index is 0.473. The van der Waals surface area contributed by atoms with Crippen molar-refractivity contribution in [1.82, 2.24) is 0 Å². The van der Waals surface area contributed by atoms with Gasteiger partial charge in [0.2, 0.25) is 0 Å². The van der Waals surface area contributed by atoms with E-state index < -0.39 is 0 Å². The first kappa shape index (κ1) is 24.6. The lowest BCUT2D eigenvalue weighted by Crippen LogP contribution is -2.35. The molecule has 1 unspecified atom stereocenters. The predicted octanol–water partition coefficient (Wildman–Crippen LogP) is 9.70. The molecule has 0 bridgehead atoms. The van der Waals surface area contributed by atoms with Crippen LogP contribution < -0.4 is 0 Å². The second-order valence-electron chi connectivity index (χ2n) is 12.9. The van der Waals surface area contributed by atoms with Gasteiger partial charge in [0.15, 0.2) is 0 Å². The molecule has 31 heavy (non-hydrogen) atoms. The molecule has 0 spiro atoms. The quantitative estimate of drug-likeness (QED) is 0.374. The van der Waals surface area contributed by atoms with Gasteiger partial charge < -0.3 is 0 Å². The van der Waals surface area contributed by atoms with Crippen LogP contribution in [0.3, 0.4) is 0 Å². The monoisotopic (exact) mass is 422 g/mol. The van der Waals surface area contributed by atoms with E-state index in [0.29, 0.717) is 22.7 Å². The number of allylic oxidation sites excluding steroid dienone is 7. The Morgan fingerprint density at radius 3 is 2.58 bits per heavy atom. The van der Waals surface area contributed by atoms with Crippen molar-refractivity contribution in [3.63, 3.8) is 0 Å². The lowest BCUT2D eigenvalue weighted by Gasteiger charge is -2.43. The van der Waals surface area contributed by atoms with Crippen molar-refractivity contribution in [1.29, 1.82) is 0 Å². The molecule has 0 N–H and O–H groups in total. The maximum Gasteiger partial charge on any atom is -0.00183 e. The summed E-state index contributed by atoms with van der Waals surface area (Å²) in [7, 11) is 0. The molecule has 0 aromatic heterocycles. The molecule has 0 heteroatoms. The number of hydrogen-bond acceptors (Lipinski definition) is 0. The van der Waals surface area contributed by atoms with E-state index in [1.54, 1.807) is 11.1 Å². The van der Waals surface area contributed by atoms with Gasteiger partial charge in [-0.1, -0.05) is 97.3 Å². The van der Waals surface area contributed by atoms with Crippen molar-refractivity contribution in [2.24, 2.45) is 40.4 Å². The molecule has 3 aliphatic rings. The molecule has 3 rings (SSSR count). The van der Waals surface area contributed by atoms with Gasteiger partial charge in [-0.15, -0.1) is 0 Å². The Hall–Kier alpha value is -1.04. The fraction of sp³-hybridized carbons (Fsp3) is 0.742. The molecule has 3 aliphatic carbocycles. The molecule has 0 aromatic carbocycles. The second kappa shape index (κ2) is 9.44. The van der Waals surface area contributed by atoms with E-state index >= 15 is 0 Å². The first-order valence-electron chi connectivity index (χ1n) is 13.2. The Labute approximate surface area is 194 Å². The van der Waals surface area contributed by atoms with Crippen LogP contribution in [0.25, 0.3) is 0 Å². The van der Waals surface area contributed by atoms with Crippen molar-refractivity contribution in [3.8, 4) is 0 Å². The Kier molecular flexibility index (Phi) is 7.49. The molecule has 6 atom stereocenters. The fourth-order valence-corrected chi connectivity index (χ4v) is 7.14. The maximum atomic E-state index is 4.35. The molecule has 174 valence electrons. The third-order valence-electron chi connectivity index (χ3n) is 9.50. The number of hydrogen-bond donors (Lipinski definition) is 0. The van der Waals surface area contributed by atoms with Gasteiger partial charge in [-0.05, 0) is 97.0 Å². The molecule has 0 heterocycles. The van der Waals surface area contributed by atoms with Crippen LogP contribution in [0.4, 0.5) is 0 Å². The van der Waals surface area contributed by atoms with E-state index in [0.717, 1.165) is 24.2 Å². The highest BCUT2D eigenvalue weighted by atomic mass is 14.5. The topological polar surface area (TPSA) is 0 Å². The smallest absolute Gasteiger partial charge is 0.00183 e. The van der Waals surface area contributed by atoms with Gasteiger partial charge in [-0.3, -0.25) is 0 Å². The number of fused-ring (bicyclic) bond motifs is 1. The largest absolute Gasteiger partial charge is 0.0990 e. The van der Waals surface area contributed by atoms with Crippen LogP contribution >= 0.6 is 0 Å². The van der Waals surface area contributed by atoms with Crippen LogP contribution in [-0.4, -0.2) is 0 Å². The average molecular weight is 423 g/mol. The predicted molar refractivity (Wildman–Crippen MR) is 138 cm³/mol. The summed E-state index contributed by atoms with van der Waals surface area (Å²) in [5.74, 6) is 3.65. The van der Waals surface area contributed by atoms with E-state index in [4.69, 9.17) is 0 Å². The second-order valence-corrected chi connectivity index (χ2v) is 12.9. The minimum atomic E-state index is 0.473. The molecule has 0 radical (unpaired) electrons. The standard InChI is InChI=1S/C31H50/c1-21(12-10-18-30(6,7)8)28-16-17-29-26(13-11-19-31(28,29)9)14-15-27-20-22(2)23(3)24(4)25(27)5/h13-15,21-22,24,28-29H,3,10-12,16-20H2,1-2,4-9H3/b15-14-/t21?,22-,24+,28-,29+,31-/m1/s1. The minimum Gasteiger partial charge on any atom is -0.0990 e. The summed E-state index contributed by atoms with van der Waals surface area (Å²) in [6.45, 7) is 23.7. The van der Waals surface area contributed by atoms with E-state index in [9.17, 15) is 0 Å². The molecule has 0 nitrogen and oxygen atoms in total. The fourth-order valence-electron chi connectivity index (χ4n) is 7.14. The SMILES string of the molecule is C=C1[C@H](C)C(C)=C(/C=C\C2=CCC[C@]3(C)[C@@H](C(C)CCCC(C)(C)C)CC[C@@H]23)C[C@H]1C. The summed E-state index contributed by atoms with van der Waals surface area (Å²) in [4.78, 5) is 0. The molecular weight excluding hydrogens is 372 g/mol. The molecular formula is C31H50. The van der Waals surface area contributed by atoms with Crippen LogP contribution in [-0.2, 0) is 0 Å². The molecule has 0 aliphatic heterocycles. The van der Waals surface area contributed by atoms with Crippen molar-refractivity contribution in [2.75, 3.05) is 0 Å². The summed E-state index contributed by atoms with van der Waals surface area (Å²) in [5, 5.41) is 0. The first-order chi connectivity index (χ1) is 14.4. The van der Waals surface area contributed by atoms with Crippen molar-refractivity contribution < 1.29 is 0 Å². The average Bonchev–Trinajstić information content (AvgIpc) is 3.04. The highest BCUT2D eigenvalue weighted by Gasteiger charge is 2.49. The third kappa shape index (κ3) is 5.31. The van der Waals surface area contributed by atoms with Gasteiger partial charge in [0, 0.05) is 0 Å². The molecule has 0 aromatic rings. The van der Waals surface area contributed by atoms with Gasteiger partial charge in [0.1, 0.15) is 0 Å². The van der Waals surface area contributed by atoms with Gasteiger partial charge in [0.25, 0.3) is 0 Å². The van der Waals surface area contributed by atoms with E-state index in [1.807, 2.05) is 0 Å². The molecule has 0 saturated heterocycles. The molecule has 1 fully saturated rings. The Balaban J connectivity index is 1.70. The summed E-state index contributed by atoms with van der Waals surface area (Å²) < 4.78 is 0. The van der Waals surface area contributed by atoms with Crippen molar-refractivity contribution in [2.45, 2.75) is 107 Å². The third-order valence-corrected chi connectivity index (χ3v) is 9.50. The summed E-state index contributed by atoms with van der Waals surface area (Å²) in [5.41, 5.74) is 7.13. The van der Waals surface area contributed by atoms with Crippen LogP contribution in [0.5, 0.6) is 0 Å². The lowest BCUT2D eigenvalue weighted by atomic mass is 9.62. The van der Waals surface area contributed by atoms with Crippen LogP contribution in [0.1, 0.15) is 107 Å². The van der Waals surface area contributed by atoms with E-state index in [1.165, 1.54) is 56.1 Å². The van der Waals surface area contributed by atoms with Crippen LogP contribution in [0.15, 0.2) is 47.1 Å². The summed E-state index contributed by atoms with van der Waals surface area (Å²) in [6, 6.07) is 0. The number of rotatable bonds is 6. The van der Waals surface area contributed by atoms with Crippen LogP contribution in [0.2, 0.25) is 0 Å². The lowest BCUT2D eigenvalue weighted by molar-refractivity contribution is 0.106. The summed E-state index contributed by atoms with van der Waals surface area (Å²) in [6.07, 6.45) is 18.3. The van der Waals surface area contributed by atoms with Gasteiger partial charge in [0.05, 0.1) is 0 Å². The zero-order valence-corrected chi connectivity index (χ0v) is 22.0. The Morgan fingerprint density at radius 1 is 1.19 bits per heavy atom. The van der Waals surface area contributed by atoms with Gasteiger partial charge in [-0.2, -0.15) is 0 Å². The molecule has 0 amide bonds. The molecule has 1 saturated carbocycles. The Morgan fingerprint density at radius 2 is 1.90 bits per heavy atom. The highest BCUT2D eigenvalue weighted by molar-refractivity contribution is 5.40.